The maximum atomic E-state index is 13.6. The molecule has 0 radical (unpaired) electrons. The zero-order valence-corrected chi connectivity index (χ0v) is 42.5. The fourth-order valence-corrected chi connectivity index (χ4v) is 9.96. The molecule has 3 aliphatic heterocycles. The van der Waals surface area contributed by atoms with Gasteiger partial charge in [-0.2, -0.15) is 11.8 Å². The Morgan fingerprint density at radius 2 is 1.23 bits per heavy atom. The minimum absolute atomic E-state index is 0.0302. The summed E-state index contributed by atoms with van der Waals surface area (Å²) in [4.78, 5) is 65.2. The van der Waals surface area contributed by atoms with Crippen molar-refractivity contribution in [3.8, 4) is 0 Å². The molecule has 0 aliphatic carbocycles. The van der Waals surface area contributed by atoms with Crippen LogP contribution in [0.5, 0.6) is 0 Å². The SMILES string of the molecule is CC(C)[C@@H](NC(=O)c1cccc(C(=O)NCCOCCOCCOCCOCCOCCOCCOCCNC(=O)CCCC[C@@H]2SCC3NC(=O)NC32)c1)C(=O)N1CCC(c2ccc(Cl)cc2)CC1. The van der Waals surface area contributed by atoms with Gasteiger partial charge in [0.25, 0.3) is 11.8 Å². The summed E-state index contributed by atoms with van der Waals surface area (Å²) < 4.78 is 38.7. The molecular formula is C50H75ClN6O12S. The summed E-state index contributed by atoms with van der Waals surface area (Å²) in [5.41, 5.74) is 1.85. The van der Waals surface area contributed by atoms with Crippen molar-refractivity contribution in [1.29, 1.82) is 0 Å². The Hall–Kier alpha value is -4.05. The van der Waals surface area contributed by atoms with E-state index in [-0.39, 0.29) is 48.3 Å². The summed E-state index contributed by atoms with van der Waals surface area (Å²) in [6.07, 6.45) is 4.96. The molecule has 2 aromatic rings. The van der Waals surface area contributed by atoms with E-state index in [2.05, 4.69) is 26.6 Å². The number of thioether (sulfide) groups is 1. The van der Waals surface area contributed by atoms with Crippen molar-refractivity contribution in [2.45, 2.75) is 81.7 Å². The van der Waals surface area contributed by atoms with Crippen LogP contribution >= 0.6 is 23.4 Å². The average molecular weight is 1020 g/mol. The molecule has 5 rings (SSSR count). The van der Waals surface area contributed by atoms with Crippen molar-refractivity contribution in [3.63, 3.8) is 0 Å². The van der Waals surface area contributed by atoms with Gasteiger partial charge in [-0.05, 0) is 73.4 Å². The van der Waals surface area contributed by atoms with E-state index in [1.165, 1.54) is 11.6 Å². The Labute approximate surface area is 422 Å². The van der Waals surface area contributed by atoms with E-state index in [4.69, 9.17) is 44.8 Å². The number of urea groups is 1. The first kappa shape index (κ1) is 56.9. The fraction of sp³-hybridized carbons (Fsp3) is 0.660. The highest BCUT2D eigenvalue weighted by Crippen LogP contribution is 2.33. The van der Waals surface area contributed by atoms with Crippen LogP contribution in [-0.4, -0.2) is 182 Å². The van der Waals surface area contributed by atoms with Crippen molar-refractivity contribution in [3.05, 3.63) is 70.2 Å². The number of carbonyl (C=O) groups is 5. The molecule has 3 heterocycles. The molecule has 5 N–H and O–H groups in total. The largest absolute Gasteiger partial charge is 0.377 e. The van der Waals surface area contributed by atoms with Gasteiger partial charge in [0.05, 0.1) is 105 Å². The zero-order valence-electron chi connectivity index (χ0n) is 40.9. The molecule has 18 nitrogen and oxygen atoms in total. The first-order valence-corrected chi connectivity index (χ1v) is 26.2. The van der Waals surface area contributed by atoms with Crippen LogP contribution in [0.25, 0.3) is 0 Å². The molecule has 3 fully saturated rings. The van der Waals surface area contributed by atoms with E-state index in [1.54, 1.807) is 18.2 Å². The third kappa shape index (κ3) is 21.0. The van der Waals surface area contributed by atoms with Gasteiger partial charge in [-0.1, -0.05) is 50.1 Å². The summed E-state index contributed by atoms with van der Waals surface area (Å²) >= 11 is 7.95. The number of fused-ring (bicyclic) bond motifs is 1. The second-order valence-corrected chi connectivity index (χ2v) is 19.4. The predicted molar refractivity (Wildman–Crippen MR) is 268 cm³/mol. The predicted octanol–water partition coefficient (Wildman–Crippen LogP) is 4.19. The monoisotopic (exact) mass is 1020 g/mol. The number of carbonyl (C=O) groups excluding carboxylic acids is 5. The fourth-order valence-electron chi connectivity index (χ4n) is 8.29. The molecule has 70 heavy (non-hydrogen) atoms. The zero-order chi connectivity index (χ0) is 49.8. The molecule has 3 aliphatic rings. The summed E-state index contributed by atoms with van der Waals surface area (Å²) in [5, 5.41) is 15.7. The van der Waals surface area contributed by atoms with Gasteiger partial charge >= 0.3 is 6.03 Å². The Morgan fingerprint density at radius 3 is 1.79 bits per heavy atom. The van der Waals surface area contributed by atoms with E-state index < -0.39 is 11.9 Å². The second kappa shape index (κ2) is 32.8. The number of amides is 6. The Kier molecular flexibility index (Phi) is 26.7. The highest BCUT2D eigenvalue weighted by Gasteiger charge is 2.42. The number of hydrogen-bond acceptors (Lipinski definition) is 13. The number of piperidine rings is 1. The summed E-state index contributed by atoms with van der Waals surface area (Å²) in [5.74, 6) is 0.370. The third-order valence-corrected chi connectivity index (χ3v) is 13.9. The standard InChI is InChI=1S/C50H75ClN6O12S/c1-36(2)45(49(61)57-18-14-38(15-19-57)37-10-12-41(51)13-11-37)55-48(60)40-7-5-6-39(34-40)47(59)53-17-21-64-23-25-66-27-29-68-31-33-69-32-30-67-28-26-65-24-22-63-20-16-52-44(58)9-4-3-8-43-46-42(35-70-43)54-50(62)56-46/h5-7,10-13,34,36,38,42-43,45-46H,3-4,8-9,14-33,35H2,1-2H3,(H,52,58)(H,53,59)(H,55,60)(H2,54,56,62)/t42?,43-,45+,46?/m0/s1. The Bertz CT molecular complexity index is 1880. The van der Waals surface area contributed by atoms with Crippen LogP contribution in [-0.2, 0) is 42.7 Å². The number of nitrogens with one attached hydrogen (secondary N) is 5. The highest BCUT2D eigenvalue weighted by atomic mass is 35.5. The normalized spacial score (nSPS) is 18.3. The van der Waals surface area contributed by atoms with Crippen LogP contribution in [0.3, 0.4) is 0 Å². The first-order valence-electron chi connectivity index (χ1n) is 24.8. The lowest BCUT2D eigenvalue weighted by atomic mass is 9.89. The molecular weight excluding hydrogens is 944 g/mol. The maximum Gasteiger partial charge on any atom is 0.315 e. The van der Waals surface area contributed by atoms with E-state index >= 15 is 0 Å². The molecule has 2 aromatic carbocycles. The van der Waals surface area contributed by atoms with Crippen LogP contribution in [0.2, 0.25) is 5.02 Å². The number of hydrogen-bond donors (Lipinski definition) is 5. The third-order valence-electron chi connectivity index (χ3n) is 12.2. The van der Waals surface area contributed by atoms with Gasteiger partial charge in [-0.25, -0.2) is 4.79 Å². The smallest absolute Gasteiger partial charge is 0.315 e. The maximum absolute atomic E-state index is 13.6. The summed E-state index contributed by atoms with van der Waals surface area (Å²) in [6, 6.07) is 14.0. The molecule has 0 saturated carbocycles. The van der Waals surface area contributed by atoms with Gasteiger partial charge in [0, 0.05) is 59.8 Å². The molecule has 4 atom stereocenters. The lowest BCUT2D eigenvalue weighted by Gasteiger charge is -2.35. The van der Waals surface area contributed by atoms with Crippen LogP contribution in [0.15, 0.2) is 48.5 Å². The minimum atomic E-state index is -0.693. The molecule has 390 valence electrons. The topological polar surface area (TPSA) is 213 Å². The lowest BCUT2D eigenvalue weighted by Crippen LogP contribution is -2.52. The van der Waals surface area contributed by atoms with Gasteiger partial charge < -0.3 is 64.6 Å². The first-order chi connectivity index (χ1) is 34.1. The number of unbranched alkanes of at least 4 members (excludes halogenated alkanes) is 1. The number of rotatable bonds is 35. The van der Waals surface area contributed by atoms with Crippen molar-refractivity contribution in [1.82, 2.24) is 31.5 Å². The van der Waals surface area contributed by atoms with Crippen LogP contribution < -0.4 is 26.6 Å². The molecule has 0 aromatic heterocycles. The van der Waals surface area contributed by atoms with Crippen molar-refractivity contribution < 1.29 is 57.1 Å². The van der Waals surface area contributed by atoms with E-state index in [0.29, 0.717) is 146 Å². The number of halogens is 1. The quantitative estimate of drug-likeness (QED) is 0.0485. The van der Waals surface area contributed by atoms with Crippen LogP contribution in [0, 0.1) is 5.92 Å². The van der Waals surface area contributed by atoms with Crippen molar-refractivity contribution in [2.24, 2.45) is 5.92 Å². The van der Waals surface area contributed by atoms with E-state index in [9.17, 15) is 24.0 Å². The van der Waals surface area contributed by atoms with Gasteiger partial charge in [0.15, 0.2) is 0 Å². The van der Waals surface area contributed by atoms with Gasteiger partial charge in [-0.15, -0.1) is 0 Å². The average Bonchev–Trinajstić information content (AvgIpc) is 3.93. The van der Waals surface area contributed by atoms with Crippen molar-refractivity contribution >= 4 is 53.0 Å². The Morgan fingerprint density at radius 1 is 0.700 bits per heavy atom. The number of benzene rings is 2. The minimum Gasteiger partial charge on any atom is -0.377 e. The molecule has 0 bridgehead atoms. The number of ether oxygens (including phenoxy) is 7. The molecule has 0 spiro atoms. The van der Waals surface area contributed by atoms with Crippen molar-refractivity contribution in [2.75, 3.05) is 124 Å². The van der Waals surface area contributed by atoms with Crippen LogP contribution in [0.1, 0.15) is 84.6 Å². The van der Waals surface area contributed by atoms with Crippen LogP contribution in [0.4, 0.5) is 4.79 Å². The second-order valence-electron chi connectivity index (χ2n) is 17.7. The summed E-state index contributed by atoms with van der Waals surface area (Å²) in [6.45, 7) is 11.6. The molecule has 6 amide bonds. The molecule has 3 saturated heterocycles. The highest BCUT2D eigenvalue weighted by molar-refractivity contribution is 8.00. The van der Waals surface area contributed by atoms with E-state index in [1.807, 2.05) is 54.8 Å². The molecule has 20 heteroatoms. The molecule has 2 unspecified atom stereocenters. The Balaban J connectivity index is 0.752. The lowest BCUT2D eigenvalue weighted by molar-refractivity contribution is -0.135. The van der Waals surface area contributed by atoms with Gasteiger partial charge in [0.2, 0.25) is 11.8 Å². The number of nitrogens with zero attached hydrogens (tertiary/aromatic N) is 1. The van der Waals surface area contributed by atoms with Gasteiger partial charge in [0.1, 0.15) is 6.04 Å². The van der Waals surface area contributed by atoms with E-state index in [0.717, 1.165) is 37.9 Å². The van der Waals surface area contributed by atoms with Gasteiger partial charge in [-0.3, -0.25) is 19.2 Å². The number of likely N-dealkylation sites (tertiary alicyclic amines) is 1. The summed E-state index contributed by atoms with van der Waals surface area (Å²) in [7, 11) is 0.